The van der Waals surface area contributed by atoms with Gasteiger partial charge in [-0.3, -0.25) is 0 Å². The molecule has 0 aromatic carbocycles. The molecule has 0 N–H and O–H groups in total. The van der Waals surface area contributed by atoms with Crippen LogP contribution < -0.4 is 0 Å². The van der Waals surface area contributed by atoms with Crippen LogP contribution in [0.2, 0.25) is 0 Å². The molecule has 0 unspecified atom stereocenters. The van der Waals surface area contributed by atoms with E-state index in [1.165, 1.54) is 0 Å². The highest BCUT2D eigenvalue weighted by Gasteiger charge is 2.15. The average molecular weight is 193 g/mol. The SMILES string of the molecule is Cc1nc(-c2nonc2N=[N+]=[N-])no1. The van der Waals surface area contributed by atoms with E-state index in [1.807, 2.05) is 0 Å². The highest BCUT2D eigenvalue weighted by molar-refractivity contribution is 5.60. The predicted molar refractivity (Wildman–Crippen MR) is 41.1 cm³/mol. The number of rotatable bonds is 2. The summed E-state index contributed by atoms with van der Waals surface area (Å²) in [6.45, 7) is 1.62. The third kappa shape index (κ3) is 1.27. The predicted octanol–water partition coefficient (Wildman–Crippen LogP) is 1.37. The van der Waals surface area contributed by atoms with E-state index in [0.29, 0.717) is 5.89 Å². The van der Waals surface area contributed by atoms with Crippen LogP contribution in [0.1, 0.15) is 5.89 Å². The summed E-state index contributed by atoms with van der Waals surface area (Å²) in [5.74, 6) is 0.523. The molecule has 0 spiro atoms. The van der Waals surface area contributed by atoms with Crippen LogP contribution in [0.5, 0.6) is 0 Å². The van der Waals surface area contributed by atoms with E-state index in [2.05, 4.69) is 35.1 Å². The van der Waals surface area contributed by atoms with E-state index in [-0.39, 0.29) is 17.3 Å². The fourth-order valence-corrected chi connectivity index (χ4v) is 0.828. The van der Waals surface area contributed by atoms with Crippen molar-refractivity contribution in [3.05, 3.63) is 16.3 Å². The first-order valence-electron chi connectivity index (χ1n) is 3.49. The van der Waals surface area contributed by atoms with E-state index < -0.39 is 0 Å². The number of aryl methyl sites for hydroxylation is 1. The van der Waals surface area contributed by atoms with Crippen LogP contribution in [0.25, 0.3) is 22.0 Å². The standard InChI is InChI=1S/C5H3N7O2/c1-2-7-4(10-13-2)3-5(8-12-6)11-14-9-3/h1H3. The molecule has 0 saturated heterocycles. The van der Waals surface area contributed by atoms with Crippen molar-refractivity contribution in [2.45, 2.75) is 6.92 Å². The van der Waals surface area contributed by atoms with Gasteiger partial charge in [0.2, 0.25) is 17.5 Å². The normalized spacial score (nSPS) is 9.79. The van der Waals surface area contributed by atoms with Gasteiger partial charge in [-0.2, -0.15) is 4.98 Å². The zero-order chi connectivity index (χ0) is 9.97. The Hall–Kier alpha value is -2.41. The maximum absolute atomic E-state index is 8.20. The van der Waals surface area contributed by atoms with Crippen molar-refractivity contribution in [1.29, 1.82) is 0 Å². The molecular weight excluding hydrogens is 190 g/mol. The molecule has 0 aliphatic carbocycles. The second-order valence-electron chi connectivity index (χ2n) is 2.26. The Labute approximate surface area is 76.3 Å². The van der Waals surface area contributed by atoms with Crippen molar-refractivity contribution < 1.29 is 9.15 Å². The molecule has 2 aromatic heterocycles. The van der Waals surface area contributed by atoms with Crippen molar-refractivity contribution in [1.82, 2.24) is 20.5 Å². The summed E-state index contributed by atoms with van der Waals surface area (Å²) < 4.78 is 9.09. The third-order valence-corrected chi connectivity index (χ3v) is 1.35. The van der Waals surface area contributed by atoms with Crippen LogP contribution in [0, 0.1) is 6.92 Å². The Balaban J connectivity index is 2.50. The molecule has 14 heavy (non-hydrogen) atoms. The summed E-state index contributed by atoms with van der Waals surface area (Å²) in [5.41, 5.74) is 8.35. The van der Waals surface area contributed by atoms with E-state index in [9.17, 15) is 0 Å². The molecule has 9 nitrogen and oxygen atoms in total. The van der Waals surface area contributed by atoms with Crippen molar-refractivity contribution in [3.63, 3.8) is 0 Å². The van der Waals surface area contributed by atoms with Crippen LogP contribution in [0.3, 0.4) is 0 Å². The number of aromatic nitrogens is 4. The molecule has 9 heteroatoms. The summed E-state index contributed by atoms with van der Waals surface area (Å²) in [6.07, 6.45) is 0. The number of hydrogen-bond acceptors (Lipinski definition) is 7. The largest absolute Gasteiger partial charge is 0.339 e. The Morgan fingerprint density at radius 2 is 2.21 bits per heavy atom. The van der Waals surface area contributed by atoms with Crippen LogP contribution in [-0.2, 0) is 0 Å². The van der Waals surface area contributed by atoms with Crippen LogP contribution in [0.15, 0.2) is 14.3 Å². The molecule has 0 radical (unpaired) electrons. The van der Waals surface area contributed by atoms with Crippen LogP contribution in [-0.4, -0.2) is 20.5 Å². The first kappa shape index (κ1) is 8.20. The smallest absolute Gasteiger partial charge is 0.226 e. The van der Waals surface area contributed by atoms with Gasteiger partial charge in [0.05, 0.1) is 0 Å². The minimum absolute atomic E-state index is 0.0201. The van der Waals surface area contributed by atoms with E-state index in [1.54, 1.807) is 6.92 Å². The molecule has 0 fully saturated rings. The number of hydrogen-bond donors (Lipinski definition) is 0. The van der Waals surface area contributed by atoms with Crippen molar-refractivity contribution in [2.75, 3.05) is 0 Å². The molecule has 0 amide bonds. The molecule has 2 heterocycles. The fourth-order valence-electron chi connectivity index (χ4n) is 0.828. The summed E-state index contributed by atoms with van der Waals surface area (Å²) in [5, 5.41) is 13.7. The molecule has 0 aliphatic rings. The summed E-state index contributed by atoms with van der Waals surface area (Å²) in [4.78, 5) is 6.42. The van der Waals surface area contributed by atoms with Gasteiger partial charge < -0.3 is 4.52 Å². The topological polar surface area (TPSA) is 127 Å². The molecule has 0 saturated carbocycles. The van der Waals surface area contributed by atoms with E-state index in [0.717, 1.165) is 0 Å². The number of nitrogens with zero attached hydrogens (tertiary/aromatic N) is 7. The van der Waals surface area contributed by atoms with Gasteiger partial charge in [0.1, 0.15) is 0 Å². The lowest BCUT2D eigenvalue weighted by molar-refractivity contribution is 0.309. The van der Waals surface area contributed by atoms with Gasteiger partial charge in [-0.25, -0.2) is 4.63 Å². The highest BCUT2D eigenvalue weighted by Crippen LogP contribution is 2.23. The maximum atomic E-state index is 8.20. The molecule has 2 aromatic rings. The molecule has 0 atom stereocenters. The van der Waals surface area contributed by atoms with Crippen molar-refractivity contribution in [2.24, 2.45) is 5.11 Å². The zero-order valence-corrected chi connectivity index (χ0v) is 6.95. The Morgan fingerprint density at radius 3 is 2.86 bits per heavy atom. The minimum atomic E-state index is -0.0201. The fraction of sp³-hybridized carbons (Fsp3) is 0.200. The average Bonchev–Trinajstić information content (AvgIpc) is 2.74. The lowest BCUT2D eigenvalue weighted by Crippen LogP contribution is -1.80. The lowest BCUT2D eigenvalue weighted by atomic mass is 10.4. The Bertz CT molecular complexity index is 494. The molecule has 70 valence electrons. The first-order valence-corrected chi connectivity index (χ1v) is 3.49. The molecular formula is C5H3N7O2. The van der Waals surface area contributed by atoms with Gasteiger partial charge in [-0.15, -0.1) is 0 Å². The Morgan fingerprint density at radius 1 is 1.36 bits per heavy atom. The second-order valence-corrected chi connectivity index (χ2v) is 2.26. The zero-order valence-electron chi connectivity index (χ0n) is 6.95. The summed E-state index contributed by atoms with van der Waals surface area (Å²) in [6, 6.07) is 0. The van der Waals surface area contributed by atoms with Gasteiger partial charge >= 0.3 is 0 Å². The van der Waals surface area contributed by atoms with Crippen LogP contribution >= 0.6 is 0 Å². The van der Waals surface area contributed by atoms with Crippen molar-refractivity contribution in [3.8, 4) is 11.5 Å². The van der Waals surface area contributed by atoms with E-state index >= 15 is 0 Å². The first-order chi connectivity index (χ1) is 6.81. The second kappa shape index (κ2) is 3.15. The maximum Gasteiger partial charge on any atom is 0.226 e. The van der Waals surface area contributed by atoms with Gasteiger partial charge in [-0.1, -0.05) is 5.16 Å². The van der Waals surface area contributed by atoms with E-state index in [4.69, 9.17) is 10.1 Å². The van der Waals surface area contributed by atoms with Gasteiger partial charge in [0.25, 0.3) is 0 Å². The quantitative estimate of drug-likeness (QED) is 0.402. The molecule has 0 bridgehead atoms. The van der Waals surface area contributed by atoms with Gasteiger partial charge in [-0.05, 0) is 21.0 Å². The van der Waals surface area contributed by atoms with Crippen molar-refractivity contribution >= 4 is 5.82 Å². The molecule has 2 rings (SSSR count). The number of azide groups is 1. The summed E-state index contributed by atoms with van der Waals surface area (Å²) in [7, 11) is 0. The minimum Gasteiger partial charge on any atom is -0.339 e. The van der Waals surface area contributed by atoms with Crippen LogP contribution in [0.4, 0.5) is 5.82 Å². The van der Waals surface area contributed by atoms with Gasteiger partial charge in [0, 0.05) is 11.8 Å². The van der Waals surface area contributed by atoms with Gasteiger partial charge in [0.15, 0.2) is 5.69 Å². The highest BCUT2D eigenvalue weighted by atomic mass is 16.6. The lowest BCUT2D eigenvalue weighted by Gasteiger charge is -1.81. The monoisotopic (exact) mass is 193 g/mol. The molecule has 0 aliphatic heterocycles. The Kier molecular flexibility index (Phi) is 1.84. The summed E-state index contributed by atoms with van der Waals surface area (Å²) >= 11 is 0. The third-order valence-electron chi connectivity index (χ3n) is 1.35.